The van der Waals surface area contributed by atoms with Crippen LogP contribution in [0.1, 0.15) is 17.5 Å². The first-order chi connectivity index (χ1) is 14.7. The van der Waals surface area contributed by atoms with Crippen LogP contribution >= 0.6 is 0 Å². The number of aromatic amines is 1. The molecule has 1 aliphatic heterocycles. The first-order valence-electron chi connectivity index (χ1n) is 10.0. The second-order valence-electron chi connectivity index (χ2n) is 7.23. The lowest BCUT2D eigenvalue weighted by atomic mass is 10.00. The van der Waals surface area contributed by atoms with Crippen molar-refractivity contribution in [2.45, 2.75) is 12.8 Å². The molecule has 0 saturated heterocycles. The summed E-state index contributed by atoms with van der Waals surface area (Å²) in [5.74, 6) is 1.49. The minimum absolute atomic E-state index is 0.0410. The summed E-state index contributed by atoms with van der Waals surface area (Å²) < 4.78 is 10.6. The maximum absolute atomic E-state index is 12.6. The van der Waals surface area contributed by atoms with Crippen molar-refractivity contribution in [3.8, 4) is 11.5 Å². The van der Waals surface area contributed by atoms with E-state index in [0.29, 0.717) is 26.1 Å². The average Bonchev–Trinajstić information content (AvgIpc) is 3.23. The lowest BCUT2D eigenvalue weighted by Crippen LogP contribution is -2.42. The molecule has 30 heavy (non-hydrogen) atoms. The highest BCUT2D eigenvalue weighted by Crippen LogP contribution is 2.28. The zero-order chi connectivity index (χ0) is 20.9. The maximum Gasteiger partial charge on any atom is 0.317 e. The highest BCUT2D eigenvalue weighted by Gasteiger charge is 2.19. The number of nitrogens with one attached hydrogen (secondary N) is 2. The third-order valence-electron chi connectivity index (χ3n) is 5.39. The molecule has 0 atom stereocenters. The lowest BCUT2D eigenvalue weighted by Gasteiger charge is -2.26. The Bertz CT molecular complexity index is 1050. The Morgan fingerprint density at radius 2 is 2.03 bits per heavy atom. The number of carbonyl (C=O) groups excluding carboxylic acids is 1. The van der Waals surface area contributed by atoms with E-state index >= 15 is 0 Å². The third-order valence-corrected chi connectivity index (χ3v) is 5.39. The Kier molecular flexibility index (Phi) is 5.88. The molecular formula is C23H26N4O3. The van der Waals surface area contributed by atoms with E-state index in [1.165, 1.54) is 11.1 Å². The van der Waals surface area contributed by atoms with Crippen molar-refractivity contribution in [1.82, 2.24) is 20.2 Å². The number of nitrogens with zero attached hydrogens (tertiary/aromatic N) is 2. The van der Waals surface area contributed by atoms with Gasteiger partial charge in [-0.05, 0) is 48.2 Å². The number of methoxy groups -OCH3 is 2. The number of ether oxygens (including phenoxy) is 2. The number of rotatable bonds is 6. The van der Waals surface area contributed by atoms with Crippen molar-refractivity contribution >= 4 is 22.6 Å². The molecule has 0 bridgehead atoms. The van der Waals surface area contributed by atoms with Gasteiger partial charge in [-0.2, -0.15) is 0 Å². The Labute approximate surface area is 175 Å². The highest BCUT2D eigenvalue weighted by molar-refractivity contribution is 5.91. The minimum atomic E-state index is -0.0410. The monoisotopic (exact) mass is 406 g/mol. The summed E-state index contributed by atoms with van der Waals surface area (Å²) in [6.45, 7) is 1.84. The van der Waals surface area contributed by atoms with Crippen LogP contribution < -0.4 is 14.8 Å². The quantitative estimate of drug-likeness (QED) is 0.655. The van der Waals surface area contributed by atoms with Crippen molar-refractivity contribution < 1.29 is 14.3 Å². The Hall–Kier alpha value is -3.48. The largest absolute Gasteiger partial charge is 0.497 e. The van der Waals surface area contributed by atoms with Crippen molar-refractivity contribution in [2.75, 3.05) is 33.9 Å². The molecule has 0 fully saturated rings. The van der Waals surface area contributed by atoms with Crippen LogP contribution in [0.25, 0.3) is 16.6 Å². The Morgan fingerprint density at radius 1 is 1.23 bits per heavy atom. The minimum Gasteiger partial charge on any atom is -0.497 e. The van der Waals surface area contributed by atoms with Gasteiger partial charge in [-0.15, -0.1) is 0 Å². The van der Waals surface area contributed by atoms with E-state index in [9.17, 15) is 4.79 Å². The topological polar surface area (TPSA) is 79.5 Å². The SMILES string of the molecule is COc1cc(CCNC(=O)N2CC=C(c3c[nH]c4ncccc34)CC2)cc(OC)c1. The molecule has 4 rings (SSSR count). The van der Waals surface area contributed by atoms with Gasteiger partial charge in [0.2, 0.25) is 0 Å². The van der Waals surface area contributed by atoms with Gasteiger partial charge < -0.3 is 24.7 Å². The normalized spacial score (nSPS) is 13.8. The van der Waals surface area contributed by atoms with Crippen molar-refractivity contribution in [3.05, 3.63) is 59.9 Å². The van der Waals surface area contributed by atoms with Crippen LogP contribution in [0.4, 0.5) is 4.79 Å². The van der Waals surface area contributed by atoms with Crippen molar-refractivity contribution in [1.29, 1.82) is 0 Å². The number of H-pyrrole nitrogens is 1. The molecule has 156 valence electrons. The molecular weight excluding hydrogens is 380 g/mol. The predicted octanol–water partition coefficient (Wildman–Crippen LogP) is 3.62. The molecule has 3 heterocycles. The van der Waals surface area contributed by atoms with Crippen LogP contribution in [0.5, 0.6) is 11.5 Å². The van der Waals surface area contributed by atoms with Gasteiger partial charge in [-0.1, -0.05) is 6.08 Å². The second kappa shape index (κ2) is 8.90. The van der Waals surface area contributed by atoms with Gasteiger partial charge >= 0.3 is 6.03 Å². The standard InChI is InChI=1S/C23H26N4O3/c1-29-18-12-16(13-19(14-18)30-2)5-9-25-23(28)27-10-6-17(7-11-27)21-15-26-22-20(21)4-3-8-24-22/h3-4,6,8,12-15H,5,7,9-11H2,1-2H3,(H,24,26)(H,25,28). The van der Waals surface area contributed by atoms with Gasteiger partial charge in [-0.25, -0.2) is 9.78 Å². The fraction of sp³-hybridized carbons (Fsp3) is 0.304. The number of hydrogen-bond acceptors (Lipinski definition) is 4. The molecule has 2 amide bonds. The summed E-state index contributed by atoms with van der Waals surface area (Å²) >= 11 is 0. The van der Waals surface area contributed by atoms with E-state index in [4.69, 9.17) is 9.47 Å². The number of pyridine rings is 1. The molecule has 2 aromatic heterocycles. The molecule has 1 aromatic carbocycles. The molecule has 0 saturated carbocycles. The van der Waals surface area contributed by atoms with E-state index < -0.39 is 0 Å². The van der Waals surface area contributed by atoms with E-state index in [0.717, 1.165) is 34.5 Å². The van der Waals surface area contributed by atoms with Crippen LogP contribution in [0.3, 0.4) is 0 Å². The van der Waals surface area contributed by atoms with Crippen LogP contribution in [0.15, 0.2) is 48.8 Å². The number of fused-ring (bicyclic) bond motifs is 1. The number of hydrogen-bond donors (Lipinski definition) is 2. The number of aromatic nitrogens is 2. The first-order valence-corrected chi connectivity index (χ1v) is 10.0. The van der Waals surface area contributed by atoms with Gasteiger partial charge in [0.25, 0.3) is 0 Å². The van der Waals surface area contributed by atoms with E-state index in [1.807, 2.05) is 35.4 Å². The van der Waals surface area contributed by atoms with Crippen molar-refractivity contribution in [2.24, 2.45) is 0 Å². The third kappa shape index (κ3) is 4.25. The number of amides is 2. The van der Waals surface area contributed by atoms with Gasteiger partial charge in [-0.3, -0.25) is 0 Å². The molecule has 0 unspecified atom stereocenters. The Balaban J connectivity index is 1.32. The summed E-state index contributed by atoms with van der Waals surface area (Å²) in [6.07, 6.45) is 7.44. The molecule has 0 spiro atoms. The summed E-state index contributed by atoms with van der Waals surface area (Å²) in [4.78, 5) is 22.0. The highest BCUT2D eigenvalue weighted by atomic mass is 16.5. The fourth-order valence-electron chi connectivity index (χ4n) is 3.76. The number of carbonyl (C=O) groups is 1. The molecule has 3 aromatic rings. The molecule has 1 aliphatic rings. The fourth-order valence-corrected chi connectivity index (χ4v) is 3.76. The summed E-state index contributed by atoms with van der Waals surface area (Å²) in [7, 11) is 3.26. The zero-order valence-corrected chi connectivity index (χ0v) is 17.3. The van der Waals surface area contributed by atoms with Crippen LogP contribution in [0, 0.1) is 0 Å². The summed E-state index contributed by atoms with van der Waals surface area (Å²) in [5.41, 5.74) is 4.37. The smallest absolute Gasteiger partial charge is 0.317 e. The van der Waals surface area contributed by atoms with Crippen LogP contribution in [-0.2, 0) is 6.42 Å². The van der Waals surface area contributed by atoms with E-state index in [1.54, 1.807) is 20.4 Å². The van der Waals surface area contributed by atoms with Gasteiger partial charge in [0.15, 0.2) is 0 Å². The average molecular weight is 406 g/mol. The summed E-state index contributed by atoms with van der Waals surface area (Å²) in [6, 6.07) is 9.73. The molecule has 7 heteroatoms. The van der Waals surface area contributed by atoms with E-state index in [-0.39, 0.29) is 6.03 Å². The maximum atomic E-state index is 12.6. The van der Waals surface area contributed by atoms with Crippen LogP contribution in [-0.4, -0.2) is 54.8 Å². The van der Waals surface area contributed by atoms with Gasteiger partial charge in [0.1, 0.15) is 17.1 Å². The molecule has 2 N–H and O–H groups in total. The molecule has 0 radical (unpaired) electrons. The van der Waals surface area contributed by atoms with E-state index in [2.05, 4.69) is 27.4 Å². The van der Waals surface area contributed by atoms with Gasteiger partial charge in [0, 0.05) is 49.0 Å². The molecule has 7 nitrogen and oxygen atoms in total. The summed E-state index contributed by atoms with van der Waals surface area (Å²) in [5, 5.41) is 4.14. The van der Waals surface area contributed by atoms with Crippen molar-refractivity contribution in [3.63, 3.8) is 0 Å². The number of benzene rings is 1. The van der Waals surface area contributed by atoms with Crippen LogP contribution in [0.2, 0.25) is 0 Å². The zero-order valence-electron chi connectivity index (χ0n) is 17.3. The van der Waals surface area contributed by atoms with Gasteiger partial charge in [0.05, 0.1) is 14.2 Å². The second-order valence-corrected chi connectivity index (χ2v) is 7.23. The first kappa shape index (κ1) is 19.8. The Morgan fingerprint density at radius 3 is 2.73 bits per heavy atom. The molecule has 0 aliphatic carbocycles. The predicted molar refractivity (Wildman–Crippen MR) is 117 cm³/mol. The lowest BCUT2D eigenvalue weighted by molar-refractivity contribution is 0.203. The number of urea groups is 1.